The summed E-state index contributed by atoms with van der Waals surface area (Å²) in [6, 6.07) is -0.0702. The first kappa shape index (κ1) is 18.2. The minimum Gasteiger partial charge on any atom is -0.394 e. The number of nitrogens with one attached hydrogen (secondary N) is 2. The molecule has 0 aromatic carbocycles. The first-order valence-corrected chi connectivity index (χ1v) is 7.93. The van der Waals surface area contributed by atoms with Gasteiger partial charge >= 0.3 is 6.03 Å². The summed E-state index contributed by atoms with van der Waals surface area (Å²) in [6.45, 7) is 9.26. The number of rotatable bonds is 7. The molecule has 0 heterocycles. The molecule has 0 spiro atoms. The average molecular weight is 299 g/mol. The topological polar surface area (TPSA) is 64.6 Å². The van der Waals surface area contributed by atoms with Gasteiger partial charge in [0.2, 0.25) is 0 Å². The van der Waals surface area contributed by atoms with Crippen LogP contribution in [-0.4, -0.2) is 54.9 Å². The quantitative estimate of drug-likeness (QED) is 0.672. The molecule has 1 aliphatic carbocycles. The van der Waals surface area contributed by atoms with Crippen LogP contribution in [0.2, 0.25) is 0 Å². The highest BCUT2D eigenvalue weighted by Crippen LogP contribution is 2.39. The molecule has 2 atom stereocenters. The van der Waals surface area contributed by atoms with Gasteiger partial charge < -0.3 is 20.6 Å². The normalized spacial score (nSPS) is 20.0. The van der Waals surface area contributed by atoms with E-state index in [-0.39, 0.29) is 24.1 Å². The van der Waals surface area contributed by atoms with Gasteiger partial charge in [-0.1, -0.05) is 20.8 Å². The van der Waals surface area contributed by atoms with Gasteiger partial charge in [0, 0.05) is 6.04 Å². The molecule has 3 N–H and O–H groups in total. The van der Waals surface area contributed by atoms with Gasteiger partial charge in [0.25, 0.3) is 0 Å². The zero-order valence-corrected chi connectivity index (χ0v) is 14.5. The summed E-state index contributed by atoms with van der Waals surface area (Å²) in [7, 11) is 4.07. The first-order chi connectivity index (χ1) is 9.58. The number of aliphatic hydroxyl groups excluding tert-OH is 1. The van der Waals surface area contributed by atoms with Crippen LogP contribution >= 0.6 is 0 Å². The van der Waals surface area contributed by atoms with Crippen molar-refractivity contribution >= 4 is 6.03 Å². The molecule has 0 aromatic heterocycles. The number of carbonyl (C=O) groups is 1. The van der Waals surface area contributed by atoms with Crippen LogP contribution in [0, 0.1) is 11.3 Å². The van der Waals surface area contributed by atoms with Crippen molar-refractivity contribution in [1.29, 1.82) is 0 Å². The Labute approximate surface area is 129 Å². The molecule has 0 bridgehead atoms. The number of nitrogens with zero attached hydrogens (tertiary/aromatic N) is 1. The minimum absolute atomic E-state index is 0.00253. The zero-order valence-electron chi connectivity index (χ0n) is 14.5. The maximum atomic E-state index is 12.3. The Morgan fingerprint density at radius 3 is 2.24 bits per heavy atom. The molecule has 124 valence electrons. The summed E-state index contributed by atoms with van der Waals surface area (Å²) in [6.07, 6.45) is 3.07. The van der Waals surface area contributed by atoms with Gasteiger partial charge in [-0.2, -0.15) is 0 Å². The van der Waals surface area contributed by atoms with Gasteiger partial charge in [-0.25, -0.2) is 4.79 Å². The summed E-state index contributed by atoms with van der Waals surface area (Å²) in [4.78, 5) is 14.4. The van der Waals surface area contributed by atoms with Gasteiger partial charge in [-0.05, 0) is 58.2 Å². The molecule has 1 aliphatic rings. The monoisotopic (exact) mass is 299 g/mol. The van der Waals surface area contributed by atoms with E-state index in [1.807, 2.05) is 21.0 Å². The van der Waals surface area contributed by atoms with E-state index in [0.29, 0.717) is 5.92 Å². The van der Waals surface area contributed by atoms with Gasteiger partial charge in [0.1, 0.15) is 0 Å². The third kappa shape index (κ3) is 5.83. The fraction of sp³-hybridized carbons (Fsp3) is 0.938. The van der Waals surface area contributed by atoms with E-state index in [2.05, 4.69) is 36.3 Å². The molecule has 1 saturated carbocycles. The van der Waals surface area contributed by atoms with E-state index in [4.69, 9.17) is 0 Å². The van der Waals surface area contributed by atoms with Crippen LogP contribution in [-0.2, 0) is 0 Å². The predicted molar refractivity (Wildman–Crippen MR) is 86.3 cm³/mol. The van der Waals surface area contributed by atoms with Gasteiger partial charge in [0.05, 0.1) is 12.1 Å². The summed E-state index contributed by atoms with van der Waals surface area (Å²) >= 11 is 0. The number of hydrogen-bond donors (Lipinski definition) is 3. The SMILES string of the molecule is CN(C)CCC(NC(=O)NC(C)(CO)C1CC1)C(C)(C)C. The third-order valence-corrected chi connectivity index (χ3v) is 4.42. The van der Waals surface area contributed by atoms with Crippen molar-refractivity contribution in [3.8, 4) is 0 Å². The standard InChI is InChI=1S/C16H33N3O2/c1-15(2,3)13(9-10-19(5)6)17-14(21)18-16(4,11-20)12-7-8-12/h12-13,20H,7-11H2,1-6H3,(H2,17,18,21). The third-order valence-electron chi connectivity index (χ3n) is 4.42. The molecule has 5 nitrogen and oxygen atoms in total. The Morgan fingerprint density at radius 1 is 1.29 bits per heavy atom. The number of amides is 2. The van der Waals surface area contributed by atoms with Crippen molar-refractivity contribution in [2.75, 3.05) is 27.2 Å². The van der Waals surface area contributed by atoms with E-state index >= 15 is 0 Å². The van der Waals surface area contributed by atoms with Crippen molar-refractivity contribution < 1.29 is 9.90 Å². The molecule has 5 heteroatoms. The predicted octanol–water partition coefficient (Wildman–Crippen LogP) is 1.81. The number of carbonyl (C=O) groups excluding carboxylic acids is 1. The average Bonchev–Trinajstić information content (AvgIpc) is 3.16. The van der Waals surface area contributed by atoms with Crippen molar-refractivity contribution in [3.63, 3.8) is 0 Å². The molecule has 2 amide bonds. The lowest BCUT2D eigenvalue weighted by atomic mass is 9.84. The summed E-state index contributed by atoms with van der Waals surface area (Å²) in [5, 5.41) is 15.6. The second-order valence-electron chi connectivity index (χ2n) is 7.96. The molecular weight excluding hydrogens is 266 g/mol. The van der Waals surface area contributed by atoms with Gasteiger partial charge in [-0.15, -0.1) is 0 Å². The highest BCUT2D eigenvalue weighted by molar-refractivity contribution is 5.75. The van der Waals surface area contributed by atoms with Crippen LogP contribution in [0.1, 0.15) is 47.0 Å². The molecule has 2 unspecified atom stereocenters. The highest BCUT2D eigenvalue weighted by atomic mass is 16.3. The van der Waals surface area contributed by atoms with Gasteiger partial charge in [0.15, 0.2) is 0 Å². The molecular formula is C16H33N3O2. The smallest absolute Gasteiger partial charge is 0.315 e. The van der Waals surface area contributed by atoms with Crippen LogP contribution in [0.5, 0.6) is 0 Å². The van der Waals surface area contributed by atoms with E-state index in [1.54, 1.807) is 0 Å². The summed E-state index contributed by atoms with van der Waals surface area (Å²) < 4.78 is 0. The zero-order chi connectivity index (χ0) is 16.3. The molecule has 1 fully saturated rings. The summed E-state index contributed by atoms with van der Waals surface area (Å²) in [5.41, 5.74) is -0.489. The maximum absolute atomic E-state index is 12.3. The molecule has 0 saturated heterocycles. The van der Waals surface area contributed by atoms with Gasteiger partial charge in [-0.3, -0.25) is 0 Å². The number of aliphatic hydroxyl groups is 1. The Bertz CT molecular complexity index is 348. The van der Waals surface area contributed by atoms with Crippen LogP contribution in [0.25, 0.3) is 0 Å². The summed E-state index contributed by atoms with van der Waals surface area (Å²) in [5.74, 6) is 0.406. The lowest BCUT2D eigenvalue weighted by Gasteiger charge is -2.35. The van der Waals surface area contributed by atoms with Crippen LogP contribution in [0.15, 0.2) is 0 Å². The van der Waals surface area contributed by atoms with Crippen molar-refractivity contribution in [2.24, 2.45) is 11.3 Å². The van der Waals surface area contributed by atoms with E-state index < -0.39 is 5.54 Å². The molecule has 0 aromatic rings. The second-order valence-corrected chi connectivity index (χ2v) is 7.96. The van der Waals surface area contributed by atoms with Crippen molar-refractivity contribution in [1.82, 2.24) is 15.5 Å². The molecule has 0 radical (unpaired) electrons. The first-order valence-electron chi connectivity index (χ1n) is 7.93. The molecule has 1 rings (SSSR count). The fourth-order valence-electron chi connectivity index (χ4n) is 2.55. The van der Waals surface area contributed by atoms with Crippen LogP contribution < -0.4 is 10.6 Å². The van der Waals surface area contributed by atoms with Crippen molar-refractivity contribution in [2.45, 2.75) is 58.5 Å². The lowest BCUT2D eigenvalue weighted by molar-refractivity contribution is 0.149. The Hall–Kier alpha value is -0.810. The maximum Gasteiger partial charge on any atom is 0.315 e. The largest absolute Gasteiger partial charge is 0.394 e. The van der Waals surface area contributed by atoms with Crippen LogP contribution in [0.3, 0.4) is 0 Å². The lowest BCUT2D eigenvalue weighted by Crippen LogP contribution is -2.57. The number of hydrogen-bond acceptors (Lipinski definition) is 3. The Balaban J connectivity index is 2.59. The number of urea groups is 1. The minimum atomic E-state index is -0.492. The van der Waals surface area contributed by atoms with E-state index in [1.165, 1.54) is 0 Å². The van der Waals surface area contributed by atoms with E-state index in [0.717, 1.165) is 25.8 Å². The fourth-order valence-corrected chi connectivity index (χ4v) is 2.55. The van der Waals surface area contributed by atoms with Crippen molar-refractivity contribution in [3.05, 3.63) is 0 Å². The Kier molecular flexibility index (Phi) is 6.05. The highest BCUT2D eigenvalue weighted by Gasteiger charge is 2.42. The molecule has 0 aliphatic heterocycles. The Morgan fingerprint density at radius 2 is 1.86 bits per heavy atom. The second kappa shape index (κ2) is 6.97. The molecule has 21 heavy (non-hydrogen) atoms. The van der Waals surface area contributed by atoms with Crippen LogP contribution in [0.4, 0.5) is 4.79 Å². The van der Waals surface area contributed by atoms with E-state index in [9.17, 15) is 9.90 Å².